The fourth-order valence-corrected chi connectivity index (χ4v) is 5.45. The first-order valence-electron chi connectivity index (χ1n) is 8.26. The van der Waals surface area contributed by atoms with Gasteiger partial charge in [-0.05, 0) is 39.2 Å². The van der Waals surface area contributed by atoms with Gasteiger partial charge >= 0.3 is 0 Å². The number of rotatable bonds is 0. The molecule has 4 aromatic carbocycles. The average Bonchev–Trinajstić information content (AvgIpc) is 2.94. The highest BCUT2D eigenvalue weighted by atomic mass is 32.2. The van der Waals surface area contributed by atoms with E-state index in [1.807, 2.05) is 11.8 Å². The number of ether oxygens (including phenoxy) is 1. The highest BCUT2D eigenvalue weighted by Gasteiger charge is 2.40. The molecular formula is C22H14OS. The van der Waals surface area contributed by atoms with Crippen molar-refractivity contribution < 1.29 is 4.74 Å². The number of thioether (sulfide) groups is 1. The summed E-state index contributed by atoms with van der Waals surface area (Å²) in [5.41, 5.74) is 2.75. The maximum Gasteiger partial charge on any atom is 0.141 e. The summed E-state index contributed by atoms with van der Waals surface area (Å²) in [5, 5.41) is 5.57. The first-order chi connectivity index (χ1) is 11.9. The molecule has 0 N–H and O–H groups in total. The fourth-order valence-electron chi connectivity index (χ4n) is 4.11. The molecule has 0 radical (unpaired) electrons. The monoisotopic (exact) mass is 326 g/mol. The topological polar surface area (TPSA) is 9.23 Å². The van der Waals surface area contributed by atoms with Crippen LogP contribution in [-0.2, 0) is 0 Å². The van der Waals surface area contributed by atoms with Crippen LogP contribution in [0.2, 0.25) is 0 Å². The van der Waals surface area contributed by atoms with Gasteiger partial charge in [0.2, 0.25) is 0 Å². The summed E-state index contributed by atoms with van der Waals surface area (Å²) in [6, 6.07) is 26.2. The lowest BCUT2D eigenvalue weighted by Crippen LogP contribution is -2.14. The second-order valence-electron chi connectivity index (χ2n) is 6.52. The Morgan fingerprint density at radius 2 is 1.42 bits per heavy atom. The predicted molar refractivity (Wildman–Crippen MR) is 99.9 cm³/mol. The second kappa shape index (κ2) is 4.55. The summed E-state index contributed by atoms with van der Waals surface area (Å²) in [5.74, 6) is 1.02. The van der Waals surface area contributed by atoms with Crippen molar-refractivity contribution in [3.63, 3.8) is 0 Å². The molecule has 2 atom stereocenters. The summed E-state index contributed by atoms with van der Waals surface area (Å²) in [6.45, 7) is 0. The van der Waals surface area contributed by atoms with Gasteiger partial charge in [-0.15, -0.1) is 11.8 Å². The second-order valence-corrected chi connectivity index (χ2v) is 7.70. The molecule has 24 heavy (non-hydrogen) atoms. The Balaban J connectivity index is 1.58. The minimum Gasteiger partial charge on any atom is -0.483 e. The van der Waals surface area contributed by atoms with Crippen LogP contribution in [0.5, 0.6) is 5.75 Å². The fraction of sp³-hybridized carbons (Fsp3) is 0.0909. The Morgan fingerprint density at radius 1 is 0.708 bits per heavy atom. The molecule has 1 heterocycles. The van der Waals surface area contributed by atoms with E-state index in [1.165, 1.54) is 37.6 Å². The molecule has 114 valence electrons. The van der Waals surface area contributed by atoms with Gasteiger partial charge in [-0.1, -0.05) is 60.7 Å². The molecule has 0 amide bonds. The summed E-state index contributed by atoms with van der Waals surface area (Å²) in [7, 11) is 0. The van der Waals surface area contributed by atoms with Crippen LogP contribution in [0.1, 0.15) is 22.5 Å². The third-order valence-electron chi connectivity index (χ3n) is 5.18. The maximum atomic E-state index is 6.52. The molecule has 0 aromatic heterocycles. The molecule has 0 fully saturated rings. The van der Waals surface area contributed by atoms with Crippen LogP contribution in [0.25, 0.3) is 21.5 Å². The van der Waals surface area contributed by atoms with Crippen LogP contribution in [0.4, 0.5) is 0 Å². The lowest BCUT2D eigenvalue weighted by atomic mass is 10.1. The van der Waals surface area contributed by atoms with Crippen LogP contribution in [-0.4, -0.2) is 0 Å². The van der Waals surface area contributed by atoms with Crippen LogP contribution in [0.3, 0.4) is 0 Å². The van der Waals surface area contributed by atoms with Crippen molar-refractivity contribution in [1.29, 1.82) is 0 Å². The molecule has 6 rings (SSSR count). The maximum absolute atomic E-state index is 6.52. The van der Waals surface area contributed by atoms with Crippen molar-refractivity contribution in [2.75, 3.05) is 0 Å². The van der Waals surface area contributed by atoms with Gasteiger partial charge in [0.25, 0.3) is 0 Å². The number of hydrogen-bond donors (Lipinski definition) is 0. The quantitative estimate of drug-likeness (QED) is 0.376. The molecule has 0 spiro atoms. The molecule has 0 bridgehead atoms. The Hall–Kier alpha value is -2.45. The summed E-state index contributed by atoms with van der Waals surface area (Å²) in [4.78, 5) is 1.25. The van der Waals surface area contributed by atoms with Crippen molar-refractivity contribution in [2.45, 2.75) is 16.2 Å². The van der Waals surface area contributed by atoms with Gasteiger partial charge in [0.15, 0.2) is 0 Å². The summed E-state index contributed by atoms with van der Waals surface area (Å²) < 4.78 is 6.52. The zero-order chi connectivity index (χ0) is 15.7. The van der Waals surface area contributed by atoms with E-state index in [4.69, 9.17) is 4.74 Å². The van der Waals surface area contributed by atoms with Gasteiger partial charge in [0.1, 0.15) is 11.9 Å². The summed E-state index contributed by atoms with van der Waals surface area (Å²) >= 11 is 1.95. The highest BCUT2D eigenvalue weighted by molar-refractivity contribution is 7.99. The van der Waals surface area contributed by atoms with Gasteiger partial charge in [-0.3, -0.25) is 0 Å². The molecule has 2 heteroatoms. The molecule has 0 saturated carbocycles. The zero-order valence-electron chi connectivity index (χ0n) is 12.9. The van der Waals surface area contributed by atoms with Crippen LogP contribution < -0.4 is 4.74 Å². The predicted octanol–water partition coefficient (Wildman–Crippen LogP) is 6.27. The third kappa shape index (κ3) is 1.61. The standard InChI is InChI=1S/C22H14OS/c1-2-6-15-12-19-18(11-14(15)5-1)23-21-16-9-3-7-13-8-4-10-17(20(13)16)22(21)24-19/h1-12,21-22H/t21-,22+/m1/s1. The first kappa shape index (κ1) is 12.9. The van der Waals surface area contributed by atoms with E-state index in [0.717, 1.165) is 5.75 Å². The Bertz CT molecular complexity index is 1050. The lowest BCUT2D eigenvalue weighted by molar-refractivity contribution is 0.198. The van der Waals surface area contributed by atoms with Gasteiger partial charge in [0.05, 0.1) is 10.1 Å². The van der Waals surface area contributed by atoms with Crippen LogP contribution in [0.15, 0.2) is 77.7 Å². The number of hydrogen-bond acceptors (Lipinski definition) is 2. The summed E-state index contributed by atoms with van der Waals surface area (Å²) in [6.07, 6.45) is 0.116. The number of fused-ring (bicyclic) bond motifs is 5. The van der Waals surface area contributed by atoms with Gasteiger partial charge in [-0.25, -0.2) is 0 Å². The van der Waals surface area contributed by atoms with E-state index in [9.17, 15) is 0 Å². The largest absolute Gasteiger partial charge is 0.483 e. The Morgan fingerprint density at radius 3 is 2.25 bits per heavy atom. The van der Waals surface area contributed by atoms with Gasteiger partial charge in [0, 0.05) is 5.56 Å². The van der Waals surface area contributed by atoms with Crippen molar-refractivity contribution in [2.24, 2.45) is 0 Å². The SMILES string of the molecule is c1ccc2cc3c(cc2c1)O[C@@H]1c2cccc4cccc(c24)[C@@H]1S3. The lowest BCUT2D eigenvalue weighted by Gasteiger charge is -2.30. The van der Waals surface area contributed by atoms with Gasteiger partial charge < -0.3 is 4.74 Å². The zero-order valence-corrected chi connectivity index (χ0v) is 13.7. The van der Waals surface area contributed by atoms with E-state index >= 15 is 0 Å². The normalized spacial score (nSPS) is 20.7. The van der Waals surface area contributed by atoms with Gasteiger partial charge in [-0.2, -0.15) is 0 Å². The minimum absolute atomic E-state index is 0.116. The number of benzene rings is 4. The Kier molecular flexibility index (Phi) is 2.45. The molecule has 2 aliphatic rings. The average molecular weight is 326 g/mol. The molecule has 1 aliphatic heterocycles. The molecular weight excluding hydrogens is 312 g/mol. The van der Waals surface area contributed by atoms with E-state index < -0.39 is 0 Å². The van der Waals surface area contributed by atoms with E-state index in [0.29, 0.717) is 5.25 Å². The van der Waals surface area contributed by atoms with E-state index in [2.05, 4.69) is 72.8 Å². The Labute approximate surface area is 144 Å². The van der Waals surface area contributed by atoms with Crippen LogP contribution >= 0.6 is 11.8 Å². The first-order valence-corrected chi connectivity index (χ1v) is 9.14. The third-order valence-corrected chi connectivity index (χ3v) is 6.51. The molecule has 1 aliphatic carbocycles. The smallest absolute Gasteiger partial charge is 0.141 e. The molecule has 1 nitrogen and oxygen atoms in total. The molecule has 0 unspecified atom stereocenters. The highest BCUT2D eigenvalue weighted by Crippen LogP contribution is 2.59. The molecule has 0 saturated heterocycles. The van der Waals surface area contributed by atoms with E-state index in [1.54, 1.807) is 0 Å². The molecule has 4 aromatic rings. The van der Waals surface area contributed by atoms with Crippen molar-refractivity contribution in [3.05, 3.63) is 83.9 Å². The van der Waals surface area contributed by atoms with E-state index in [-0.39, 0.29) is 6.10 Å². The van der Waals surface area contributed by atoms with Crippen molar-refractivity contribution in [3.8, 4) is 5.75 Å². The van der Waals surface area contributed by atoms with Crippen molar-refractivity contribution in [1.82, 2.24) is 0 Å². The van der Waals surface area contributed by atoms with Crippen molar-refractivity contribution >= 4 is 33.3 Å². The van der Waals surface area contributed by atoms with Crippen LogP contribution in [0, 0.1) is 0 Å². The minimum atomic E-state index is 0.116.